The second-order valence-electron chi connectivity index (χ2n) is 10.8. The molecule has 4 heteroatoms. The van der Waals surface area contributed by atoms with Crippen LogP contribution < -0.4 is 24.8 Å². The van der Waals surface area contributed by atoms with Crippen LogP contribution in [0.4, 0.5) is 0 Å². The average molecular weight is 703 g/mol. The van der Waals surface area contributed by atoms with E-state index >= 15 is 0 Å². The van der Waals surface area contributed by atoms with Gasteiger partial charge in [-0.3, -0.25) is 0 Å². The summed E-state index contributed by atoms with van der Waals surface area (Å²) < 4.78 is 0. The Hall–Kier alpha value is -3.26. The fraction of sp³-hybridized carbons (Fsp3) is 0.0500. The number of rotatable bonds is 2. The molecule has 0 amide bonds. The van der Waals surface area contributed by atoms with Crippen molar-refractivity contribution in [3.05, 3.63) is 158 Å². The van der Waals surface area contributed by atoms with Crippen molar-refractivity contribution in [2.24, 2.45) is 0 Å². The minimum Gasteiger partial charge on any atom is -1.00 e. The van der Waals surface area contributed by atoms with E-state index in [2.05, 4.69) is 171 Å². The van der Waals surface area contributed by atoms with E-state index in [1.807, 2.05) is 0 Å². The van der Waals surface area contributed by atoms with Gasteiger partial charge in [0.15, 0.2) is 0 Å². The zero-order valence-electron chi connectivity index (χ0n) is 24.8. The molecule has 0 bridgehead atoms. The van der Waals surface area contributed by atoms with Crippen molar-refractivity contribution in [2.45, 2.75) is 13.1 Å². The number of hydrogen-bond acceptors (Lipinski definition) is 0. The Labute approximate surface area is 287 Å². The van der Waals surface area contributed by atoms with Crippen LogP contribution in [0.25, 0.3) is 65.3 Å². The first-order valence-electron chi connectivity index (χ1n) is 14.4. The molecule has 0 radical (unpaired) electrons. The smallest absolute Gasteiger partial charge is 0.0520 e. The van der Waals surface area contributed by atoms with Crippen molar-refractivity contribution in [2.75, 3.05) is 0 Å². The number of hydrogen-bond donors (Lipinski definition) is 0. The molecule has 0 aromatic heterocycles. The Kier molecular flexibility index (Phi) is 12.0. The van der Waals surface area contributed by atoms with E-state index in [9.17, 15) is 0 Å². The van der Waals surface area contributed by atoms with Crippen molar-refractivity contribution in [3.63, 3.8) is 0 Å². The maximum atomic E-state index is 2.31. The van der Waals surface area contributed by atoms with Gasteiger partial charge in [0.25, 0.3) is 0 Å². The van der Waals surface area contributed by atoms with Gasteiger partial charge in [0.05, 0.1) is 0 Å². The van der Waals surface area contributed by atoms with E-state index in [-0.39, 0.29) is 30.2 Å². The topological polar surface area (TPSA) is 0 Å². The third-order valence-electron chi connectivity index (χ3n) is 7.44. The summed E-state index contributed by atoms with van der Waals surface area (Å²) in [5, 5.41) is 10.6. The Balaban J connectivity index is 0.000000172. The minimum atomic E-state index is 0. The molecule has 8 rings (SSSR count). The molecule has 0 atom stereocenters. The summed E-state index contributed by atoms with van der Waals surface area (Å²) in [6.45, 7) is 4.62. The molecule has 8 aromatic rings. The SMILES string of the molecule is C[Si](C)=[Zr+2].[Cl-].[Cl-].c1ccc(-c2cc3ccc4ccccc4c3[cH-]2)cc1.c1ccc(-c2cc3ccc4ccccc4c3[cH-]2)cc1. The Bertz CT molecular complexity index is 1970. The maximum Gasteiger partial charge on any atom is -0.0520 e. The van der Waals surface area contributed by atoms with Crippen LogP contribution in [0, 0.1) is 0 Å². The van der Waals surface area contributed by atoms with E-state index < -0.39 is 0 Å². The molecule has 0 unspecified atom stereocenters. The third kappa shape index (κ3) is 7.68. The quantitative estimate of drug-likeness (QED) is 0.164. The van der Waals surface area contributed by atoms with Crippen molar-refractivity contribution in [1.82, 2.24) is 0 Å². The predicted molar refractivity (Wildman–Crippen MR) is 182 cm³/mol. The number of fused-ring (bicyclic) bond motifs is 6. The van der Waals surface area contributed by atoms with E-state index in [1.54, 1.807) is 23.3 Å². The molecular formula is C40H32Cl2SiZr-2. The van der Waals surface area contributed by atoms with Gasteiger partial charge in [0.1, 0.15) is 0 Å². The molecule has 0 saturated heterocycles. The molecule has 44 heavy (non-hydrogen) atoms. The predicted octanol–water partition coefficient (Wildman–Crippen LogP) is 5.55. The normalized spacial score (nSPS) is 10.3. The first-order valence-corrected chi connectivity index (χ1v) is 20.5. The van der Waals surface area contributed by atoms with Crippen LogP contribution in [0.5, 0.6) is 0 Å². The monoisotopic (exact) mass is 700 g/mol. The van der Waals surface area contributed by atoms with Crippen molar-refractivity contribution < 1.29 is 48.1 Å². The zero-order valence-corrected chi connectivity index (χ0v) is 29.7. The average Bonchev–Trinajstić information content (AvgIpc) is 3.68. The van der Waals surface area contributed by atoms with Crippen LogP contribution >= 0.6 is 0 Å². The summed E-state index contributed by atoms with van der Waals surface area (Å²) in [7, 11) is 0. The summed E-state index contributed by atoms with van der Waals surface area (Å²) in [6, 6.07) is 56.2. The van der Waals surface area contributed by atoms with Gasteiger partial charge in [-0.1, -0.05) is 166 Å². The fourth-order valence-electron chi connectivity index (χ4n) is 5.52. The number of benzene rings is 6. The van der Waals surface area contributed by atoms with E-state index in [4.69, 9.17) is 0 Å². The molecule has 8 aromatic carbocycles. The molecule has 0 N–H and O–H groups in total. The van der Waals surface area contributed by atoms with Crippen molar-refractivity contribution in [1.29, 1.82) is 0 Å². The molecule has 0 saturated carbocycles. The van der Waals surface area contributed by atoms with E-state index in [0.29, 0.717) is 0 Å². The molecule has 0 nitrogen and oxygen atoms in total. The van der Waals surface area contributed by atoms with E-state index in [0.717, 1.165) is 0 Å². The second-order valence-corrected chi connectivity index (χ2v) is 20.2. The van der Waals surface area contributed by atoms with Gasteiger partial charge in [0, 0.05) is 0 Å². The Morgan fingerprint density at radius 1 is 0.432 bits per heavy atom. The van der Waals surface area contributed by atoms with Gasteiger partial charge >= 0.3 is 41.9 Å². The zero-order chi connectivity index (χ0) is 28.9. The summed E-state index contributed by atoms with van der Waals surface area (Å²) in [4.78, 5) is 0. The molecule has 216 valence electrons. The minimum absolute atomic E-state index is 0. The maximum absolute atomic E-state index is 2.31. The van der Waals surface area contributed by atoms with Crippen LogP contribution in [0.15, 0.2) is 158 Å². The van der Waals surface area contributed by atoms with Crippen LogP contribution in [-0.2, 0) is 23.3 Å². The van der Waals surface area contributed by atoms with Gasteiger partial charge in [-0.25, -0.2) is 0 Å². The van der Waals surface area contributed by atoms with Gasteiger partial charge < -0.3 is 24.8 Å². The molecule has 0 aliphatic rings. The number of halogens is 2. The first-order chi connectivity index (χ1) is 20.6. The standard InChI is InChI=1S/2C19H13.C2H6Si.2ClH.Zr/c2*1-2-6-14(7-3-1)17-12-16-11-10-15-8-4-5-9-18(15)19(16)13-17;1-3-2;;;/h2*1-13H;1-2H3;2*1H;/q2*-1;;;;+2/p-2. The molecular weight excluding hydrogens is 671 g/mol. The van der Waals surface area contributed by atoms with Crippen LogP contribution in [-0.4, -0.2) is 5.43 Å². The van der Waals surface area contributed by atoms with Gasteiger partial charge in [0.2, 0.25) is 0 Å². The molecule has 0 spiro atoms. The van der Waals surface area contributed by atoms with Crippen LogP contribution in [0.2, 0.25) is 13.1 Å². The van der Waals surface area contributed by atoms with Crippen molar-refractivity contribution >= 4 is 48.5 Å². The molecule has 0 fully saturated rings. The molecule has 0 heterocycles. The van der Waals surface area contributed by atoms with Gasteiger partial charge in [-0.15, -0.1) is 56.9 Å². The Morgan fingerprint density at radius 3 is 1.14 bits per heavy atom. The third-order valence-corrected chi connectivity index (χ3v) is 7.44. The van der Waals surface area contributed by atoms with Gasteiger partial charge in [-0.2, -0.15) is 0 Å². The summed E-state index contributed by atoms with van der Waals surface area (Å²) in [5.74, 6) is 0. The summed E-state index contributed by atoms with van der Waals surface area (Å²) in [6.07, 6.45) is 0. The van der Waals surface area contributed by atoms with Crippen LogP contribution in [0.1, 0.15) is 0 Å². The van der Waals surface area contributed by atoms with E-state index in [1.165, 1.54) is 65.3 Å². The van der Waals surface area contributed by atoms with Gasteiger partial charge in [-0.05, 0) is 0 Å². The molecule has 0 aliphatic heterocycles. The fourth-order valence-corrected chi connectivity index (χ4v) is 5.52. The first kappa shape index (κ1) is 33.6. The largest absolute Gasteiger partial charge is 1.00 e. The summed E-state index contributed by atoms with van der Waals surface area (Å²) >= 11 is 1.74. The van der Waals surface area contributed by atoms with Crippen LogP contribution in [0.3, 0.4) is 0 Å². The summed E-state index contributed by atoms with van der Waals surface area (Å²) in [5.41, 5.74) is 5.37. The second kappa shape index (κ2) is 15.6. The molecule has 0 aliphatic carbocycles. The Morgan fingerprint density at radius 2 is 0.750 bits per heavy atom. The van der Waals surface area contributed by atoms with Crippen molar-refractivity contribution in [3.8, 4) is 22.3 Å².